The summed E-state index contributed by atoms with van der Waals surface area (Å²) >= 11 is 5.80. The van der Waals surface area contributed by atoms with Crippen LogP contribution in [-0.2, 0) is 4.79 Å². The molecule has 2 nitrogen and oxygen atoms in total. The maximum Gasteiger partial charge on any atom is 0.223 e. The Morgan fingerprint density at radius 2 is 2.14 bits per heavy atom. The lowest BCUT2D eigenvalue weighted by atomic mass is 10.1. The zero-order chi connectivity index (χ0) is 10.6. The van der Waals surface area contributed by atoms with Crippen molar-refractivity contribution >= 4 is 17.5 Å². The number of carbonyl (C=O) groups excluding carboxylic acids is 1. The number of carbonyl (C=O) groups is 1. The fourth-order valence-corrected chi connectivity index (χ4v) is 1.72. The van der Waals surface area contributed by atoms with Gasteiger partial charge >= 0.3 is 0 Å². The van der Waals surface area contributed by atoms with Gasteiger partial charge in [-0.3, -0.25) is 4.79 Å². The van der Waals surface area contributed by atoms with Gasteiger partial charge in [0.25, 0.3) is 0 Å². The third-order valence-corrected chi connectivity index (χ3v) is 3.04. The van der Waals surface area contributed by atoms with Gasteiger partial charge in [0.15, 0.2) is 0 Å². The second kappa shape index (κ2) is 5.59. The molecule has 0 heterocycles. The Kier molecular flexibility index (Phi) is 4.73. The highest BCUT2D eigenvalue weighted by Crippen LogP contribution is 2.36. The van der Waals surface area contributed by atoms with Crippen LogP contribution in [0.15, 0.2) is 0 Å². The van der Waals surface area contributed by atoms with Crippen LogP contribution in [0.3, 0.4) is 0 Å². The minimum atomic E-state index is 0.212. The van der Waals surface area contributed by atoms with E-state index in [1.54, 1.807) is 0 Å². The Bertz CT molecular complexity index is 190. The van der Waals surface area contributed by atoms with Crippen molar-refractivity contribution in [2.45, 2.75) is 44.9 Å². The molecule has 0 radical (unpaired) electrons. The van der Waals surface area contributed by atoms with Gasteiger partial charge in [0, 0.05) is 17.8 Å². The first-order valence-corrected chi connectivity index (χ1v) is 5.96. The number of hydrogen-bond donors (Lipinski definition) is 1. The quantitative estimate of drug-likeness (QED) is 0.538. The summed E-state index contributed by atoms with van der Waals surface area (Å²) in [5.74, 6) is 1.08. The van der Waals surface area contributed by atoms with E-state index >= 15 is 0 Å². The lowest BCUT2D eigenvalue weighted by Gasteiger charge is -2.11. The molecular formula is C11H20ClNO. The maximum absolute atomic E-state index is 11.5. The SMILES string of the molecule is CC(Cl)CCCNC(=O)C(C)C1CC1. The molecule has 82 valence electrons. The van der Waals surface area contributed by atoms with Gasteiger partial charge in [-0.25, -0.2) is 0 Å². The first kappa shape index (κ1) is 11.8. The van der Waals surface area contributed by atoms with Crippen molar-refractivity contribution in [2.75, 3.05) is 6.54 Å². The number of alkyl halides is 1. The number of rotatable bonds is 6. The monoisotopic (exact) mass is 217 g/mol. The predicted octanol–water partition coefficient (Wildman–Crippen LogP) is 2.56. The van der Waals surface area contributed by atoms with Crippen LogP contribution in [0, 0.1) is 11.8 Å². The molecule has 3 heteroatoms. The smallest absolute Gasteiger partial charge is 0.223 e. The minimum absolute atomic E-state index is 0.212. The predicted molar refractivity (Wildman–Crippen MR) is 59.4 cm³/mol. The third-order valence-electron chi connectivity index (χ3n) is 2.82. The molecular weight excluding hydrogens is 198 g/mol. The summed E-state index contributed by atoms with van der Waals surface area (Å²) < 4.78 is 0. The van der Waals surface area contributed by atoms with E-state index in [2.05, 4.69) is 5.32 Å². The highest BCUT2D eigenvalue weighted by Gasteiger charge is 2.32. The third kappa shape index (κ3) is 4.32. The van der Waals surface area contributed by atoms with Crippen molar-refractivity contribution in [3.63, 3.8) is 0 Å². The summed E-state index contributed by atoms with van der Waals surface area (Å²) in [5, 5.41) is 3.18. The molecule has 1 fully saturated rings. The summed E-state index contributed by atoms with van der Waals surface area (Å²) in [6.45, 7) is 4.78. The Hall–Kier alpha value is -0.240. The molecule has 2 atom stereocenters. The van der Waals surface area contributed by atoms with Crippen LogP contribution >= 0.6 is 11.6 Å². The number of hydrogen-bond acceptors (Lipinski definition) is 1. The van der Waals surface area contributed by atoms with Gasteiger partial charge in [-0.15, -0.1) is 11.6 Å². The molecule has 0 aromatic heterocycles. The first-order chi connectivity index (χ1) is 6.61. The molecule has 0 aromatic rings. The van der Waals surface area contributed by atoms with Crippen LogP contribution in [0.5, 0.6) is 0 Å². The van der Waals surface area contributed by atoms with Gasteiger partial charge in [-0.2, -0.15) is 0 Å². The highest BCUT2D eigenvalue weighted by atomic mass is 35.5. The van der Waals surface area contributed by atoms with Gasteiger partial charge in [0.2, 0.25) is 5.91 Å². The molecule has 0 aromatic carbocycles. The molecule has 0 bridgehead atoms. The van der Waals surface area contributed by atoms with Gasteiger partial charge in [0.1, 0.15) is 0 Å². The molecule has 0 aliphatic heterocycles. The number of halogens is 1. The van der Waals surface area contributed by atoms with Crippen LogP contribution in [0.25, 0.3) is 0 Å². The second-order valence-electron chi connectivity index (χ2n) is 4.34. The standard InChI is InChI=1S/C11H20ClNO/c1-8(12)4-3-7-13-11(14)9(2)10-5-6-10/h8-10H,3-7H2,1-2H3,(H,13,14). The summed E-state index contributed by atoms with van der Waals surface area (Å²) in [6, 6.07) is 0. The zero-order valence-electron chi connectivity index (χ0n) is 9.05. The molecule has 1 amide bonds. The Morgan fingerprint density at radius 3 is 2.64 bits per heavy atom. The summed E-state index contributed by atoms with van der Waals surface area (Å²) in [7, 11) is 0. The average molecular weight is 218 g/mol. The van der Waals surface area contributed by atoms with E-state index in [4.69, 9.17) is 11.6 Å². The fourth-order valence-electron chi connectivity index (χ4n) is 1.57. The lowest BCUT2D eigenvalue weighted by molar-refractivity contribution is -0.125. The topological polar surface area (TPSA) is 29.1 Å². The molecule has 0 spiro atoms. The molecule has 1 aliphatic rings. The maximum atomic E-state index is 11.5. The van der Waals surface area contributed by atoms with E-state index in [1.807, 2.05) is 13.8 Å². The summed E-state index contributed by atoms with van der Waals surface area (Å²) in [4.78, 5) is 11.5. The van der Waals surface area contributed by atoms with Crippen molar-refractivity contribution in [3.05, 3.63) is 0 Å². The van der Waals surface area contributed by atoms with E-state index in [1.165, 1.54) is 12.8 Å². The second-order valence-corrected chi connectivity index (χ2v) is 5.09. The number of amides is 1. The largest absolute Gasteiger partial charge is 0.356 e. The lowest BCUT2D eigenvalue weighted by Crippen LogP contribution is -2.31. The average Bonchev–Trinajstić information content (AvgIpc) is 2.93. The van der Waals surface area contributed by atoms with Crippen LogP contribution < -0.4 is 5.32 Å². The van der Waals surface area contributed by atoms with E-state index in [0.717, 1.165) is 19.4 Å². The molecule has 1 aliphatic carbocycles. The van der Waals surface area contributed by atoms with E-state index < -0.39 is 0 Å². The van der Waals surface area contributed by atoms with E-state index in [9.17, 15) is 4.79 Å². The van der Waals surface area contributed by atoms with Gasteiger partial charge in [-0.1, -0.05) is 6.92 Å². The first-order valence-electron chi connectivity index (χ1n) is 5.53. The highest BCUT2D eigenvalue weighted by molar-refractivity contribution is 6.20. The zero-order valence-corrected chi connectivity index (χ0v) is 9.81. The van der Waals surface area contributed by atoms with Crippen LogP contribution in [0.2, 0.25) is 0 Å². The number of nitrogens with one attached hydrogen (secondary N) is 1. The van der Waals surface area contributed by atoms with E-state index in [0.29, 0.717) is 5.92 Å². The van der Waals surface area contributed by atoms with Crippen molar-refractivity contribution in [1.29, 1.82) is 0 Å². The fraction of sp³-hybridized carbons (Fsp3) is 0.909. The van der Waals surface area contributed by atoms with E-state index in [-0.39, 0.29) is 17.2 Å². The van der Waals surface area contributed by atoms with Crippen LogP contribution in [-0.4, -0.2) is 17.8 Å². The van der Waals surface area contributed by atoms with Gasteiger partial charge in [0.05, 0.1) is 0 Å². The summed E-state index contributed by atoms with van der Waals surface area (Å²) in [5.41, 5.74) is 0. The molecule has 1 rings (SSSR count). The van der Waals surface area contributed by atoms with Crippen molar-refractivity contribution in [3.8, 4) is 0 Å². The molecule has 0 saturated heterocycles. The Labute approximate surface area is 91.4 Å². The summed E-state index contributed by atoms with van der Waals surface area (Å²) in [6.07, 6.45) is 4.41. The van der Waals surface area contributed by atoms with Crippen LogP contribution in [0.1, 0.15) is 39.5 Å². The van der Waals surface area contributed by atoms with Crippen molar-refractivity contribution in [2.24, 2.45) is 11.8 Å². The normalized spacial score (nSPS) is 20.2. The Morgan fingerprint density at radius 1 is 1.50 bits per heavy atom. The Balaban J connectivity index is 2.02. The van der Waals surface area contributed by atoms with Crippen molar-refractivity contribution in [1.82, 2.24) is 5.32 Å². The van der Waals surface area contributed by atoms with Crippen molar-refractivity contribution < 1.29 is 4.79 Å². The molecule has 14 heavy (non-hydrogen) atoms. The van der Waals surface area contributed by atoms with Crippen LogP contribution in [0.4, 0.5) is 0 Å². The van der Waals surface area contributed by atoms with Gasteiger partial charge in [-0.05, 0) is 38.5 Å². The molecule has 1 saturated carbocycles. The molecule has 1 N–H and O–H groups in total. The molecule has 2 unspecified atom stereocenters. The minimum Gasteiger partial charge on any atom is -0.356 e. The van der Waals surface area contributed by atoms with Gasteiger partial charge < -0.3 is 5.32 Å².